The summed E-state index contributed by atoms with van der Waals surface area (Å²) in [5.74, 6) is 0.793. The first-order valence-electron chi connectivity index (χ1n) is 6.34. The zero-order chi connectivity index (χ0) is 13.8. The highest BCUT2D eigenvalue weighted by molar-refractivity contribution is 7.80. The standard InChI is InChI=1S/C14H17NO3S/c1-2-18-14(17)11-3-5-12(6-4-11)15-8-10(9-19)7-13(15)16/h3-6,10,19H,2,7-9H2,1H3. The van der Waals surface area contributed by atoms with Crippen LogP contribution in [0.3, 0.4) is 0 Å². The molecule has 0 spiro atoms. The van der Waals surface area contributed by atoms with E-state index in [2.05, 4.69) is 12.6 Å². The van der Waals surface area contributed by atoms with Crippen LogP contribution in [0.2, 0.25) is 0 Å². The van der Waals surface area contributed by atoms with Crippen molar-refractivity contribution in [2.24, 2.45) is 5.92 Å². The number of carbonyl (C=O) groups is 2. The van der Waals surface area contributed by atoms with Gasteiger partial charge in [0.1, 0.15) is 0 Å². The first-order chi connectivity index (χ1) is 9.15. The molecule has 2 rings (SSSR count). The number of anilines is 1. The van der Waals surface area contributed by atoms with Gasteiger partial charge in [-0.2, -0.15) is 12.6 Å². The minimum Gasteiger partial charge on any atom is -0.462 e. The number of hydrogen-bond donors (Lipinski definition) is 1. The van der Waals surface area contributed by atoms with Gasteiger partial charge in [0.25, 0.3) is 0 Å². The number of rotatable bonds is 4. The summed E-state index contributed by atoms with van der Waals surface area (Å²) in [7, 11) is 0. The Morgan fingerprint density at radius 2 is 2.11 bits per heavy atom. The third-order valence-electron chi connectivity index (χ3n) is 3.15. The molecule has 1 fully saturated rings. The van der Waals surface area contributed by atoms with E-state index in [1.165, 1.54) is 0 Å². The zero-order valence-electron chi connectivity index (χ0n) is 10.8. The Labute approximate surface area is 118 Å². The van der Waals surface area contributed by atoms with Gasteiger partial charge in [-0.15, -0.1) is 0 Å². The Kier molecular flexibility index (Phi) is 4.47. The summed E-state index contributed by atoms with van der Waals surface area (Å²) in [5, 5.41) is 0. The van der Waals surface area contributed by atoms with Crippen LogP contribution in [0.5, 0.6) is 0 Å². The van der Waals surface area contributed by atoms with E-state index >= 15 is 0 Å². The number of amides is 1. The number of ether oxygens (including phenoxy) is 1. The number of carbonyl (C=O) groups excluding carboxylic acids is 2. The second-order valence-electron chi connectivity index (χ2n) is 4.52. The summed E-state index contributed by atoms with van der Waals surface area (Å²) in [4.78, 5) is 25.1. The van der Waals surface area contributed by atoms with E-state index in [9.17, 15) is 9.59 Å². The Hall–Kier alpha value is -1.49. The van der Waals surface area contributed by atoms with Crippen molar-refractivity contribution < 1.29 is 14.3 Å². The molecule has 1 aliphatic rings. The predicted octanol–water partition coefficient (Wildman–Crippen LogP) is 2.15. The molecule has 0 aromatic heterocycles. The van der Waals surface area contributed by atoms with E-state index in [0.717, 1.165) is 5.69 Å². The van der Waals surface area contributed by atoms with Crippen LogP contribution < -0.4 is 4.90 Å². The highest BCUT2D eigenvalue weighted by Gasteiger charge is 2.29. The molecule has 19 heavy (non-hydrogen) atoms. The molecule has 4 nitrogen and oxygen atoms in total. The lowest BCUT2D eigenvalue weighted by molar-refractivity contribution is -0.117. The van der Waals surface area contributed by atoms with E-state index in [0.29, 0.717) is 36.8 Å². The minimum absolute atomic E-state index is 0.114. The SMILES string of the molecule is CCOC(=O)c1ccc(N2CC(CS)CC2=O)cc1. The van der Waals surface area contributed by atoms with E-state index in [1.54, 1.807) is 36.1 Å². The fraction of sp³-hybridized carbons (Fsp3) is 0.429. The molecule has 1 aromatic carbocycles. The van der Waals surface area contributed by atoms with Gasteiger partial charge in [-0.1, -0.05) is 0 Å². The largest absolute Gasteiger partial charge is 0.462 e. The van der Waals surface area contributed by atoms with Gasteiger partial charge in [0, 0.05) is 18.7 Å². The highest BCUT2D eigenvalue weighted by Crippen LogP contribution is 2.25. The molecule has 102 valence electrons. The third-order valence-corrected chi connectivity index (χ3v) is 3.67. The normalized spacial score (nSPS) is 18.7. The number of esters is 1. The fourth-order valence-corrected chi connectivity index (χ4v) is 2.39. The monoisotopic (exact) mass is 279 g/mol. The fourth-order valence-electron chi connectivity index (χ4n) is 2.15. The van der Waals surface area contributed by atoms with Gasteiger partial charge in [0.2, 0.25) is 5.91 Å². The molecule has 0 bridgehead atoms. The van der Waals surface area contributed by atoms with Crippen LogP contribution in [0.25, 0.3) is 0 Å². The second-order valence-corrected chi connectivity index (χ2v) is 4.89. The average molecular weight is 279 g/mol. The molecule has 0 radical (unpaired) electrons. The number of benzene rings is 1. The molecule has 5 heteroatoms. The van der Waals surface area contributed by atoms with Gasteiger partial charge in [-0.05, 0) is 42.9 Å². The molecule has 0 saturated carbocycles. The zero-order valence-corrected chi connectivity index (χ0v) is 11.7. The molecule has 1 heterocycles. The van der Waals surface area contributed by atoms with Crippen LogP contribution in [0.1, 0.15) is 23.7 Å². The molecule has 0 N–H and O–H groups in total. The molecule has 1 aromatic rings. The lowest BCUT2D eigenvalue weighted by Crippen LogP contribution is -2.24. The Balaban J connectivity index is 2.10. The first-order valence-corrected chi connectivity index (χ1v) is 6.97. The average Bonchev–Trinajstić information content (AvgIpc) is 2.80. The second kappa shape index (κ2) is 6.10. The van der Waals surface area contributed by atoms with Crippen LogP contribution >= 0.6 is 12.6 Å². The van der Waals surface area contributed by atoms with Crippen molar-refractivity contribution in [3.8, 4) is 0 Å². The quantitative estimate of drug-likeness (QED) is 0.678. The van der Waals surface area contributed by atoms with Crippen molar-refractivity contribution in [3.63, 3.8) is 0 Å². The van der Waals surface area contributed by atoms with E-state index < -0.39 is 0 Å². The maximum Gasteiger partial charge on any atom is 0.338 e. The van der Waals surface area contributed by atoms with Gasteiger partial charge in [-0.3, -0.25) is 4.79 Å². The Bertz CT molecular complexity index is 472. The van der Waals surface area contributed by atoms with E-state index in [1.807, 2.05) is 0 Å². The predicted molar refractivity (Wildman–Crippen MR) is 76.7 cm³/mol. The van der Waals surface area contributed by atoms with Gasteiger partial charge >= 0.3 is 5.97 Å². The number of nitrogens with zero attached hydrogens (tertiary/aromatic N) is 1. The van der Waals surface area contributed by atoms with Crippen LogP contribution in [-0.2, 0) is 9.53 Å². The van der Waals surface area contributed by atoms with Crippen molar-refractivity contribution in [2.45, 2.75) is 13.3 Å². The maximum absolute atomic E-state index is 11.9. The summed E-state index contributed by atoms with van der Waals surface area (Å²) in [6, 6.07) is 6.94. The molecule has 1 aliphatic heterocycles. The Morgan fingerprint density at radius 1 is 1.42 bits per heavy atom. The molecular weight excluding hydrogens is 262 g/mol. The highest BCUT2D eigenvalue weighted by atomic mass is 32.1. The Morgan fingerprint density at radius 3 is 2.63 bits per heavy atom. The van der Waals surface area contributed by atoms with E-state index in [4.69, 9.17) is 4.74 Å². The van der Waals surface area contributed by atoms with Gasteiger partial charge in [0.15, 0.2) is 0 Å². The summed E-state index contributed by atoms with van der Waals surface area (Å²) in [6.07, 6.45) is 0.545. The molecule has 1 amide bonds. The van der Waals surface area contributed by atoms with Gasteiger partial charge in [-0.25, -0.2) is 4.79 Å². The lowest BCUT2D eigenvalue weighted by Gasteiger charge is -2.16. The van der Waals surface area contributed by atoms with Crippen molar-refractivity contribution in [1.29, 1.82) is 0 Å². The summed E-state index contributed by atoms with van der Waals surface area (Å²) < 4.78 is 4.92. The lowest BCUT2D eigenvalue weighted by atomic mass is 10.1. The molecule has 0 aliphatic carbocycles. The van der Waals surface area contributed by atoms with E-state index in [-0.39, 0.29) is 11.9 Å². The van der Waals surface area contributed by atoms with Crippen LogP contribution in [-0.4, -0.2) is 30.8 Å². The van der Waals surface area contributed by atoms with Crippen molar-refractivity contribution >= 4 is 30.2 Å². The minimum atomic E-state index is -0.338. The summed E-state index contributed by atoms with van der Waals surface area (Å²) >= 11 is 4.24. The van der Waals surface area contributed by atoms with Crippen LogP contribution in [0, 0.1) is 5.92 Å². The number of thiol groups is 1. The molecule has 1 unspecified atom stereocenters. The van der Waals surface area contributed by atoms with Crippen molar-refractivity contribution in [1.82, 2.24) is 0 Å². The van der Waals surface area contributed by atoms with Crippen molar-refractivity contribution in [2.75, 3.05) is 23.8 Å². The van der Waals surface area contributed by atoms with Crippen LogP contribution in [0.15, 0.2) is 24.3 Å². The van der Waals surface area contributed by atoms with Gasteiger partial charge in [0.05, 0.1) is 12.2 Å². The van der Waals surface area contributed by atoms with Gasteiger partial charge < -0.3 is 9.64 Å². The first kappa shape index (κ1) is 13.9. The van der Waals surface area contributed by atoms with Crippen LogP contribution in [0.4, 0.5) is 5.69 Å². The number of hydrogen-bond acceptors (Lipinski definition) is 4. The third kappa shape index (κ3) is 3.10. The summed E-state index contributed by atoms with van der Waals surface area (Å²) in [5.41, 5.74) is 1.32. The summed E-state index contributed by atoms with van der Waals surface area (Å²) in [6.45, 7) is 2.82. The smallest absolute Gasteiger partial charge is 0.338 e. The molecular formula is C14H17NO3S. The topological polar surface area (TPSA) is 46.6 Å². The molecule has 1 saturated heterocycles. The van der Waals surface area contributed by atoms with Crippen molar-refractivity contribution in [3.05, 3.63) is 29.8 Å². The molecule has 1 atom stereocenters. The maximum atomic E-state index is 11.9.